The Hall–Kier alpha value is -3.06. The van der Waals surface area contributed by atoms with Crippen molar-refractivity contribution in [3.05, 3.63) is 65.7 Å². The lowest BCUT2D eigenvalue weighted by atomic mass is 10.2. The monoisotopic (exact) mass is 370 g/mol. The standard InChI is InChI=1S/C20H26N4O3/c1-24(2)18-10-8-16(9-11-18)14-22-20(26)21-13-12-19(25)23-27-15-17-6-4-3-5-7-17/h3-11H,12-15H2,1-2H3,(H,23,25)(H2,21,22,26). The van der Waals surface area contributed by atoms with Gasteiger partial charge in [0.2, 0.25) is 5.91 Å². The van der Waals surface area contributed by atoms with Gasteiger partial charge in [0.05, 0.1) is 6.61 Å². The maximum atomic E-state index is 11.8. The molecule has 0 saturated heterocycles. The maximum absolute atomic E-state index is 11.8. The van der Waals surface area contributed by atoms with Crippen LogP contribution in [0.3, 0.4) is 0 Å². The molecule has 3 amide bonds. The molecule has 2 aromatic carbocycles. The molecule has 27 heavy (non-hydrogen) atoms. The van der Waals surface area contributed by atoms with Crippen molar-refractivity contribution in [2.45, 2.75) is 19.6 Å². The van der Waals surface area contributed by atoms with Crippen LogP contribution in [0.15, 0.2) is 54.6 Å². The highest BCUT2D eigenvalue weighted by Crippen LogP contribution is 2.11. The van der Waals surface area contributed by atoms with Crippen LogP contribution < -0.4 is 21.0 Å². The number of rotatable bonds is 9. The summed E-state index contributed by atoms with van der Waals surface area (Å²) in [5, 5.41) is 5.41. The summed E-state index contributed by atoms with van der Waals surface area (Å²) < 4.78 is 0. The van der Waals surface area contributed by atoms with E-state index in [1.807, 2.05) is 73.6 Å². The Morgan fingerprint density at radius 3 is 2.30 bits per heavy atom. The third kappa shape index (κ3) is 7.79. The molecule has 0 heterocycles. The molecule has 0 aliphatic heterocycles. The molecule has 144 valence electrons. The Labute approximate surface area is 159 Å². The number of urea groups is 1. The van der Waals surface area contributed by atoms with Crippen molar-refractivity contribution < 1.29 is 14.4 Å². The number of hydrogen-bond acceptors (Lipinski definition) is 4. The predicted molar refractivity (Wildman–Crippen MR) is 105 cm³/mol. The zero-order valence-corrected chi connectivity index (χ0v) is 15.7. The smallest absolute Gasteiger partial charge is 0.315 e. The SMILES string of the molecule is CN(C)c1ccc(CNC(=O)NCCC(=O)NOCc2ccccc2)cc1. The largest absolute Gasteiger partial charge is 0.378 e. The van der Waals surface area contributed by atoms with Gasteiger partial charge in [-0.1, -0.05) is 42.5 Å². The van der Waals surface area contributed by atoms with Gasteiger partial charge in [-0.3, -0.25) is 9.63 Å². The zero-order valence-electron chi connectivity index (χ0n) is 15.7. The van der Waals surface area contributed by atoms with Gasteiger partial charge >= 0.3 is 6.03 Å². The van der Waals surface area contributed by atoms with E-state index in [4.69, 9.17) is 4.84 Å². The Morgan fingerprint density at radius 1 is 0.926 bits per heavy atom. The van der Waals surface area contributed by atoms with E-state index >= 15 is 0 Å². The van der Waals surface area contributed by atoms with Crippen LogP contribution in [-0.4, -0.2) is 32.6 Å². The first-order valence-electron chi connectivity index (χ1n) is 8.77. The molecule has 0 aromatic heterocycles. The number of carbonyl (C=O) groups is 2. The molecule has 0 unspecified atom stereocenters. The van der Waals surface area contributed by atoms with Gasteiger partial charge in [0.25, 0.3) is 0 Å². The number of hydrogen-bond donors (Lipinski definition) is 3. The molecule has 0 spiro atoms. The second-order valence-electron chi connectivity index (χ2n) is 6.22. The van der Waals surface area contributed by atoms with Crippen molar-refractivity contribution in [2.24, 2.45) is 0 Å². The van der Waals surface area contributed by atoms with Crippen LogP contribution in [0.2, 0.25) is 0 Å². The van der Waals surface area contributed by atoms with Crippen molar-refractivity contribution in [1.82, 2.24) is 16.1 Å². The van der Waals surface area contributed by atoms with Crippen molar-refractivity contribution >= 4 is 17.6 Å². The van der Waals surface area contributed by atoms with Gasteiger partial charge < -0.3 is 15.5 Å². The first kappa shape index (κ1) is 20.3. The van der Waals surface area contributed by atoms with Crippen LogP contribution in [-0.2, 0) is 22.8 Å². The van der Waals surface area contributed by atoms with Crippen LogP contribution in [0, 0.1) is 0 Å². The van der Waals surface area contributed by atoms with Gasteiger partial charge in [-0.2, -0.15) is 0 Å². The topological polar surface area (TPSA) is 82.7 Å². The van der Waals surface area contributed by atoms with Crippen molar-refractivity contribution in [3.8, 4) is 0 Å². The molecule has 0 radical (unpaired) electrons. The number of nitrogens with one attached hydrogen (secondary N) is 3. The molecule has 0 aliphatic rings. The minimum atomic E-state index is -0.315. The van der Waals surface area contributed by atoms with Crippen LogP contribution in [0.25, 0.3) is 0 Å². The third-order valence-corrected chi connectivity index (χ3v) is 3.81. The van der Waals surface area contributed by atoms with E-state index in [2.05, 4.69) is 16.1 Å². The van der Waals surface area contributed by atoms with E-state index < -0.39 is 0 Å². The number of amides is 3. The van der Waals surface area contributed by atoms with Crippen molar-refractivity contribution in [3.63, 3.8) is 0 Å². The first-order valence-corrected chi connectivity index (χ1v) is 8.77. The fraction of sp³-hybridized carbons (Fsp3) is 0.300. The summed E-state index contributed by atoms with van der Waals surface area (Å²) in [6, 6.07) is 17.1. The molecule has 7 nitrogen and oxygen atoms in total. The second kappa shape index (κ2) is 10.8. The molecule has 3 N–H and O–H groups in total. The van der Waals surface area contributed by atoms with Gasteiger partial charge in [0.1, 0.15) is 0 Å². The van der Waals surface area contributed by atoms with E-state index in [1.54, 1.807) is 0 Å². The van der Waals surface area contributed by atoms with Gasteiger partial charge in [-0.05, 0) is 23.3 Å². The molecular weight excluding hydrogens is 344 g/mol. The lowest BCUT2D eigenvalue weighted by Crippen LogP contribution is -2.37. The fourth-order valence-electron chi connectivity index (χ4n) is 2.27. The van der Waals surface area contributed by atoms with Crippen molar-refractivity contribution in [1.29, 1.82) is 0 Å². The van der Waals surface area contributed by atoms with Crippen LogP contribution in [0.1, 0.15) is 17.5 Å². The number of carbonyl (C=O) groups excluding carboxylic acids is 2. The predicted octanol–water partition coefficient (Wildman–Crippen LogP) is 2.19. The molecule has 0 bridgehead atoms. The normalized spacial score (nSPS) is 10.1. The van der Waals surface area contributed by atoms with Crippen LogP contribution in [0.4, 0.5) is 10.5 Å². The quantitative estimate of drug-likeness (QED) is 0.591. The summed E-state index contributed by atoms with van der Waals surface area (Å²) in [6.45, 7) is 0.949. The lowest BCUT2D eigenvalue weighted by molar-refractivity contribution is -0.134. The van der Waals surface area contributed by atoms with Gasteiger partial charge in [0.15, 0.2) is 0 Å². The van der Waals surface area contributed by atoms with E-state index in [1.165, 1.54) is 0 Å². The van der Waals surface area contributed by atoms with Gasteiger partial charge in [0, 0.05) is 39.3 Å². The molecule has 2 rings (SSSR count). The Morgan fingerprint density at radius 2 is 1.63 bits per heavy atom. The highest BCUT2D eigenvalue weighted by Gasteiger charge is 2.04. The minimum Gasteiger partial charge on any atom is -0.378 e. The first-order chi connectivity index (χ1) is 13.0. The average molecular weight is 370 g/mol. The van der Waals surface area contributed by atoms with Gasteiger partial charge in [-0.15, -0.1) is 0 Å². The lowest BCUT2D eigenvalue weighted by Gasteiger charge is -2.13. The highest BCUT2D eigenvalue weighted by atomic mass is 16.6. The molecule has 2 aromatic rings. The molecule has 0 saturated carbocycles. The van der Waals surface area contributed by atoms with E-state index in [9.17, 15) is 9.59 Å². The third-order valence-electron chi connectivity index (χ3n) is 3.81. The Bertz CT molecular complexity index is 718. The minimum absolute atomic E-state index is 0.139. The van der Waals surface area contributed by atoms with E-state index in [-0.39, 0.29) is 24.9 Å². The zero-order chi connectivity index (χ0) is 19.5. The Balaban J connectivity index is 1.56. The summed E-state index contributed by atoms with van der Waals surface area (Å²) in [5.74, 6) is -0.287. The number of benzene rings is 2. The van der Waals surface area contributed by atoms with E-state index in [0.29, 0.717) is 13.2 Å². The average Bonchev–Trinajstić information content (AvgIpc) is 2.67. The number of anilines is 1. The summed E-state index contributed by atoms with van der Waals surface area (Å²) in [5.41, 5.74) is 5.43. The van der Waals surface area contributed by atoms with Crippen molar-refractivity contribution in [2.75, 3.05) is 25.5 Å². The second-order valence-corrected chi connectivity index (χ2v) is 6.22. The van der Waals surface area contributed by atoms with Crippen LogP contribution >= 0.6 is 0 Å². The molecule has 7 heteroatoms. The fourth-order valence-corrected chi connectivity index (χ4v) is 2.27. The number of hydroxylamine groups is 1. The Kier molecular flexibility index (Phi) is 8.12. The van der Waals surface area contributed by atoms with E-state index in [0.717, 1.165) is 16.8 Å². The summed E-state index contributed by atoms with van der Waals surface area (Å²) in [4.78, 5) is 30.6. The molecule has 0 fully saturated rings. The summed E-state index contributed by atoms with van der Waals surface area (Å²) in [6.07, 6.45) is 0.139. The highest BCUT2D eigenvalue weighted by molar-refractivity contribution is 5.77. The number of nitrogens with zero attached hydrogens (tertiary/aromatic N) is 1. The molecule has 0 aliphatic carbocycles. The molecular formula is C20H26N4O3. The summed E-state index contributed by atoms with van der Waals surface area (Å²) >= 11 is 0. The maximum Gasteiger partial charge on any atom is 0.315 e. The summed E-state index contributed by atoms with van der Waals surface area (Å²) in [7, 11) is 3.95. The van der Waals surface area contributed by atoms with Gasteiger partial charge in [-0.25, -0.2) is 10.3 Å². The van der Waals surface area contributed by atoms with Crippen LogP contribution in [0.5, 0.6) is 0 Å². The molecule has 0 atom stereocenters.